The molecule has 0 aromatic carbocycles. The van der Waals surface area contributed by atoms with Gasteiger partial charge in [-0.15, -0.1) is 0 Å². The van der Waals surface area contributed by atoms with Crippen LogP contribution in [0, 0.1) is 0 Å². The number of hydrogen-bond donors (Lipinski definition) is 0. The summed E-state index contributed by atoms with van der Waals surface area (Å²) in [7, 11) is 0. The van der Waals surface area contributed by atoms with E-state index >= 15 is 0 Å². The molecule has 0 aliphatic heterocycles. The highest BCUT2D eigenvalue weighted by atomic mass is 16.6. The largest absolute Gasteiger partial charge is 0.462 e. The highest BCUT2D eigenvalue weighted by Crippen LogP contribution is 2.14. The number of carbonyl (C=O) groups excluding carboxylic acids is 3. The van der Waals surface area contributed by atoms with Crippen LogP contribution >= 0.6 is 0 Å². The second-order valence-electron chi connectivity index (χ2n) is 16.7. The molecule has 0 N–H and O–H groups in total. The van der Waals surface area contributed by atoms with Crippen LogP contribution in [0.2, 0.25) is 0 Å². The molecular formula is C56H94O6. The normalized spacial score (nSPS) is 12.8. The predicted molar refractivity (Wildman–Crippen MR) is 265 cm³/mol. The summed E-state index contributed by atoms with van der Waals surface area (Å²) in [5, 5.41) is 0. The summed E-state index contributed by atoms with van der Waals surface area (Å²) in [6.45, 7) is 6.39. The van der Waals surface area contributed by atoms with Crippen molar-refractivity contribution in [3.05, 3.63) is 85.1 Å². The standard InChI is InChI=1S/C56H94O6/c1-4-7-10-13-16-19-22-23-24-25-26-27-28-29-30-31-32-33-35-37-40-43-46-49-55(58)61-52-53(51-60-54(57)48-45-42-39-36-21-18-15-12-9-6-3)62-56(59)50-47-44-41-38-34-20-17-14-11-8-5-2/h7,10,12,14-17,19,23-24,26-27,29-30,53H,4-6,8-9,11,13,18,20-22,25,28,31-52H2,1-3H3/b10-7-,15-12-,17-14-,19-16-,24-23-,27-26-,30-29-. The van der Waals surface area contributed by atoms with Crippen LogP contribution in [0.4, 0.5) is 0 Å². The Balaban J connectivity index is 4.30. The highest BCUT2D eigenvalue weighted by molar-refractivity contribution is 5.71. The first-order valence-electron chi connectivity index (χ1n) is 25.6. The van der Waals surface area contributed by atoms with E-state index in [0.29, 0.717) is 19.3 Å². The summed E-state index contributed by atoms with van der Waals surface area (Å²) >= 11 is 0. The molecule has 0 fully saturated rings. The van der Waals surface area contributed by atoms with Crippen LogP contribution in [-0.2, 0) is 28.6 Å². The first kappa shape index (κ1) is 58.6. The minimum Gasteiger partial charge on any atom is -0.462 e. The molecule has 0 rings (SSSR count). The fourth-order valence-electron chi connectivity index (χ4n) is 6.74. The predicted octanol–water partition coefficient (Wildman–Crippen LogP) is 16.8. The lowest BCUT2D eigenvalue weighted by Crippen LogP contribution is -2.30. The second kappa shape index (κ2) is 50.2. The minimum absolute atomic E-state index is 0.0885. The van der Waals surface area contributed by atoms with Crippen molar-refractivity contribution in [1.29, 1.82) is 0 Å². The lowest BCUT2D eigenvalue weighted by atomic mass is 10.1. The first-order valence-corrected chi connectivity index (χ1v) is 25.6. The molecule has 0 spiro atoms. The van der Waals surface area contributed by atoms with Crippen molar-refractivity contribution >= 4 is 17.9 Å². The van der Waals surface area contributed by atoms with Crippen LogP contribution in [0.5, 0.6) is 0 Å². The van der Waals surface area contributed by atoms with E-state index in [1.54, 1.807) is 0 Å². The quantitative estimate of drug-likeness (QED) is 0.0263. The van der Waals surface area contributed by atoms with Gasteiger partial charge in [0, 0.05) is 19.3 Å². The molecule has 0 aromatic heterocycles. The van der Waals surface area contributed by atoms with Gasteiger partial charge in [-0.25, -0.2) is 0 Å². The number of rotatable bonds is 45. The number of hydrogen-bond acceptors (Lipinski definition) is 6. The zero-order valence-electron chi connectivity index (χ0n) is 40.4. The Morgan fingerprint density at radius 3 is 1.06 bits per heavy atom. The SMILES string of the molecule is CC/C=C\C/C=C\C/C=C\C/C=C\C/C=C\CCCCCCCCCC(=O)OCC(COC(=O)CCCCCCC/C=C\CCC)OC(=O)CCCCCCC/C=C\CCCC. The molecule has 62 heavy (non-hydrogen) atoms. The van der Waals surface area contributed by atoms with E-state index in [4.69, 9.17) is 14.2 Å². The Labute approximate surface area is 382 Å². The Kier molecular flexibility index (Phi) is 47.5. The van der Waals surface area contributed by atoms with Crippen molar-refractivity contribution in [3.8, 4) is 0 Å². The Morgan fingerprint density at radius 2 is 0.661 bits per heavy atom. The minimum atomic E-state index is -0.787. The van der Waals surface area contributed by atoms with Gasteiger partial charge in [0.1, 0.15) is 13.2 Å². The van der Waals surface area contributed by atoms with Gasteiger partial charge in [-0.3, -0.25) is 14.4 Å². The van der Waals surface area contributed by atoms with Crippen LogP contribution < -0.4 is 0 Å². The molecule has 0 aliphatic carbocycles. The average molecular weight is 863 g/mol. The Hall–Kier alpha value is -3.41. The molecule has 6 heteroatoms. The molecule has 0 radical (unpaired) electrons. The molecule has 0 heterocycles. The summed E-state index contributed by atoms with van der Waals surface area (Å²) in [5.41, 5.74) is 0. The van der Waals surface area contributed by atoms with Gasteiger partial charge in [0.2, 0.25) is 0 Å². The molecule has 0 amide bonds. The number of allylic oxidation sites excluding steroid dienone is 14. The van der Waals surface area contributed by atoms with Gasteiger partial charge in [-0.05, 0) is 103 Å². The van der Waals surface area contributed by atoms with Gasteiger partial charge in [-0.1, -0.05) is 196 Å². The average Bonchev–Trinajstić information content (AvgIpc) is 3.27. The molecular weight excluding hydrogens is 769 g/mol. The lowest BCUT2D eigenvalue weighted by molar-refractivity contribution is -0.167. The van der Waals surface area contributed by atoms with E-state index in [9.17, 15) is 14.4 Å². The number of unbranched alkanes of at least 4 members (excludes halogenated alkanes) is 20. The summed E-state index contributed by atoms with van der Waals surface area (Å²) in [6.07, 6.45) is 64.3. The van der Waals surface area contributed by atoms with E-state index in [2.05, 4.69) is 106 Å². The Morgan fingerprint density at radius 1 is 0.339 bits per heavy atom. The third kappa shape index (κ3) is 47.6. The van der Waals surface area contributed by atoms with Crippen molar-refractivity contribution in [2.75, 3.05) is 13.2 Å². The second-order valence-corrected chi connectivity index (χ2v) is 16.7. The lowest BCUT2D eigenvalue weighted by Gasteiger charge is -2.18. The molecule has 1 atom stereocenters. The van der Waals surface area contributed by atoms with Crippen LogP contribution in [0.1, 0.15) is 233 Å². The van der Waals surface area contributed by atoms with Crippen molar-refractivity contribution in [2.24, 2.45) is 0 Å². The van der Waals surface area contributed by atoms with E-state index in [1.165, 1.54) is 70.6 Å². The molecule has 0 bridgehead atoms. The Bertz CT molecular complexity index is 1220. The van der Waals surface area contributed by atoms with Gasteiger partial charge >= 0.3 is 17.9 Å². The molecule has 354 valence electrons. The summed E-state index contributed by atoms with van der Waals surface area (Å²) < 4.78 is 16.7. The van der Waals surface area contributed by atoms with Crippen molar-refractivity contribution < 1.29 is 28.6 Å². The maximum Gasteiger partial charge on any atom is 0.306 e. The van der Waals surface area contributed by atoms with Gasteiger partial charge < -0.3 is 14.2 Å². The van der Waals surface area contributed by atoms with Gasteiger partial charge in [0.25, 0.3) is 0 Å². The van der Waals surface area contributed by atoms with E-state index in [1.807, 2.05) is 0 Å². The van der Waals surface area contributed by atoms with Crippen LogP contribution in [0.25, 0.3) is 0 Å². The number of ether oxygens (including phenoxy) is 3. The number of esters is 3. The summed E-state index contributed by atoms with van der Waals surface area (Å²) in [5.74, 6) is -0.923. The molecule has 0 saturated heterocycles. The zero-order chi connectivity index (χ0) is 45.1. The van der Waals surface area contributed by atoms with Crippen molar-refractivity contribution in [1.82, 2.24) is 0 Å². The third-order valence-electron chi connectivity index (χ3n) is 10.6. The van der Waals surface area contributed by atoms with Gasteiger partial charge in [0.05, 0.1) is 0 Å². The van der Waals surface area contributed by atoms with Crippen LogP contribution in [0.3, 0.4) is 0 Å². The summed E-state index contributed by atoms with van der Waals surface area (Å²) in [4.78, 5) is 37.8. The maximum atomic E-state index is 12.7. The first-order chi connectivity index (χ1) is 30.5. The fourth-order valence-corrected chi connectivity index (χ4v) is 6.74. The van der Waals surface area contributed by atoms with E-state index in [0.717, 1.165) is 122 Å². The van der Waals surface area contributed by atoms with Crippen LogP contribution in [-0.4, -0.2) is 37.2 Å². The van der Waals surface area contributed by atoms with E-state index in [-0.39, 0.29) is 31.1 Å². The smallest absolute Gasteiger partial charge is 0.306 e. The topological polar surface area (TPSA) is 78.9 Å². The fraction of sp³-hybridized carbons (Fsp3) is 0.696. The molecule has 0 aliphatic rings. The molecule has 1 unspecified atom stereocenters. The molecule has 0 saturated carbocycles. The van der Waals surface area contributed by atoms with Gasteiger partial charge in [-0.2, -0.15) is 0 Å². The van der Waals surface area contributed by atoms with Crippen molar-refractivity contribution in [2.45, 2.75) is 239 Å². The molecule has 0 aromatic rings. The van der Waals surface area contributed by atoms with Crippen LogP contribution in [0.15, 0.2) is 85.1 Å². The highest BCUT2D eigenvalue weighted by Gasteiger charge is 2.19. The van der Waals surface area contributed by atoms with E-state index < -0.39 is 6.10 Å². The number of carbonyl (C=O) groups is 3. The van der Waals surface area contributed by atoms with Gasteiger partial charge in [0.15, 0.2) is 6.10 Å². The summed E-state index contributed by atoms with van der Waals surface area (Å²) in [6, 6.07) is 0. The monoisotopic (exact) mass is 863 g/mol. The third-order valence-corrected chi connectivity index (χ3v) is 10.6. The maximum absolute atomic E-state index is 12.7. The van der Waals surface area contributed by atoms with Crippen molar-refractivity contribution in [3.63, 3.8) is 0 Å². The zero-order valence-corrected chi connectivity index (χ0v) is 40.4. The molecule has 6 nitrogen and oxygen atoms in total.